The van der Waals surface area contributed by atoms with E-state index in [1.54, 1.807) is 0 Å². The topological polar surface area (TPSA) is 237 Å². The van der Waals surface area contributed by atoms with Crippen LogP contribution in [-0.4, -0.2) is 96.7 Å². The van der Waals surface area contributed by atoms with Crippen LogP contribution in [0.1, 0.15) is 408 Å². The number of hydrogen-bond donors (Lipinski definition) is 3. The lowest BCUT2D eigenvalue weighted by Crippen LogP contribution is -2.30. The predicted molar refractivity (Wildman–Crippen MR) is 400 cm³/mol. The number of rotatable bonds is 77. The molecule has 0 spiro atoms. The molecule has 17 nitrogen and oxygen atoms in total. The largest absolute Gasteiger partial charge is 0.472 e. The van der Waals surface area contributed by atoms with E-state index in [0.717, 1.165) is 102 Å². The molecule has 0 aliphatic heterocycles. The summed E-state index contributed by atoms with van der Waals surface area (Å²) in [5.74, 6) is 0.127. The Morgan fingerprint density at radius 1 is 0.296 bits per heavy atom. The standard InChI is InChI=1S/C79H154O17P2/c1-8-10-11-12-13-14-15-16-17-20-24-27-30-33-38-46-53-60-76(81)89-66-74(95-78(83)62-55-48-39-34-31-28-25-22-19-18-21-23-26-29-32-37-45-52-59-72(7)9-2)68-93-97(85,86)91-64-73(80)65-92-98(87,88)94-69-75(67-90-77(82)61-54-47-42-41-44-51-58-71(5)6)96-79(84)63-56-49-40-35-36-43-50-57-70(3)4/h70-75,80H,8-69H2,1-7H3,(H,85,86)(H,87,88)/t72?,73-,74-,75-/m1/s1. The van der Waals surface area contributed by atoms with Crippen molar-refractivity contribution < 1.29 is 80.2 Å². The molecule has 3 N–H and O–H groups in total. The summed E-state index contributed by atoms with van der Waals surface area (Å²) in [4.78, 5) is 72.8. The summed E-state index contributed by atoms with van der Waals surface area (Å²) in [6, 6.07) is 0. The Morgan fingerprint density at radius 3 is 0.776 bits per heavy atom. The maximum Gasteiger partial charge on any atom is 0.472 e. The van der Waals surface area contributed by atoms with Gasteiger partial charge in [-0.15, -0.1) is 0 Å². The SMILES string of the molecule is CCCCCCCCCCCCCCCCCCCC(=O)OC[C@H](COP(=O)(O)OC[C@@H](O)COP(=O)(O)OC[C@@H](COC(=O)CCCCCCCCC(C)C)OC(=O)CCCCCCCCCC(C)C)OC(=O)CCCCCCCCCCCCCCCCCCCCC(C)CC. The predicted octanol–water partition coefficient (Wildman–Crippen LogP) is 23.4. The molecule has 0 bridgehead atoms. The van der Waals surface area contributed by atoms with E-state index in [0.29, 0.717) is 37.5 Å². The highest BCUT2D eigenvalue weighted by Gasteiger charge is 2.30. The van der Waals surface area contributed by atoms with Gasteiger partial charge in [0, 0.05) is 25.7 Å². The molecule has 0 radical (unpaired) electrons. The second-order valence-corrected chi connectivity index (χ2v) is 32.6. The lowest BCUT2D eigenvalue weighted by molar-refractivity contribution is -0.161. The van der Waals surface area contributed by atoms with E-state index in [9.17, 15) is 43.2 Å². The fourth-order valence-corrected chi connectivity index (χ4v) is 13.7. The number of hydrogen-bond acceptors (Lipinski definition) is 15. The summed E-state index contributed by atoms with van der Waals surface area (Å²) in [5, 5.41) is 10.6. The van der Waals surface area contributed by atoms with Crippen molar-refractivity contribution in [3.05, 3.63) is 0 Å². The van der Waals surface area contributed by atoms with Crippen molar-refractivity contribution in [2.24, 2.45) is 17.8 Å². The van der Waals surface area contributed by atoms with E-state index in [1.165, 1.54) is 212 Å². The Labute approximate surface area is 600 Å². The number of phosphoric ester groups is 2. The molecular weight excluding hydrogens is 1280 g/mol. The van der Waals surface area contributed by atoms with Gasteiger partial charge >= 0.3 is 39.5 Å². The van der Waals surface area contributed by atoms with Crippen LogP contribution in [0.15, 0.2) is 0 Å². The maximum absolute atomic E-state index is 13.1. The molecule has 0 amide bonds. The van der Waals surface area contributed by atoms with Crippen LogP contribution in [0.3, 0.4) is 0 Å². The van der Waals surface area contributed by atoms with E-state index < -0.39 is 97.5 Å². The minimum absolute atomic E-state index is 0.102. The smallest absolute Gasteiger partial charge is 0.462 e. The van der Waals surface area contributed by atoms with Crippen LogP contribution in [0.2, 0.25) is 0 Å². The van der Waals surface area contributed by atoms with Gasteiger partial charge in [0.25, 0.3) is 0 Å². The van der Waals surface area contributed by atoms with E-state index >= 15 is 0 Å². The van der Waals surface area contributed by atoms with Crippen LogP contribution in [-0.2, 0) is 65.4 Å². The van der Waals surface area contributed by atoms with Gasteiger partial charge in [0.1, 0.15) is 19.3 Å². The first-order valence-corrected chi connectivity index (χ1v) is 43.9. The molecule has 0 saturated heterocycles. The number of unbranched alkanes of at least 4 members (excludes halogenated alkanes) is 44. The van der Waals surface area contributed by atoms with Crippen molar-refractivity contribution in [1.82, 2.24) is 0 Å². The van der Waals surface area contributed by atoms with Gasteiger partial charge in [-0.3, -0.25) is 37.3 Å². The molecule has 0 rings (SSSR count). The van der Waals surface area contributed by atoms with Gasteiger partial charge in [-0.1, -0.05) is 357 Å². The second-order valence-electron chi connectivity index (χ2n) is 29.6. The number of phosphoric acid groups is 2. The summed E-state index contributed by atoms with van der Waals surface area (Å²) >= 11 is 0. The number of ether oxygens (including phenoxy) is 4. The molecule has 0 aliphatic carbocycles. The van der Waals surface area contributed by atoms with Gasteiger partial charge in [0.05, 0.1) is 26.4 Å². The van der Waals surface area contributed by atoms with Crippen LogP contribution < -0.4 is 0 Å². The van der Waals surface area contributed by atoms with Gasteiger partial charge in [-0.05, 0) is 43.4 Å². The monoisotopic (exact) mass is 1440 g/mol. The first-order chi connectivity index (χ1) is 47.3. The third-order valence-corrected chi connectivity index (χ3v) is 20.6. The Hall–Kier alpha value is -1.94. The summed E-state index contributed by atoms with van der Waals surface area (Å²) in [6.45, 7) is 11.8. The van der Waals surface area contributed by atoms with Crippen molar-refractivity contribution in [2.75, 3.05) is 39.6 Å². The third-order valence-electron chi connectivity index (χ3n) is 18.7. The Kier molecular flexibility index (Phi) is 68.1. The molecule has 0 fully saturated rings. The molecule has 98 heavy (non-hydrogen) atoms. The highest BCUT2D eigenvalue weighted by molar-refractivity contribution is 7.47. The van der Waals surface area contributed by atoms with Gasteiger partial charge in [-0.25, -0.2) is 9.13 Å². The minimum atomic E-state index is -4.96. The maximum atomic E-state index is 13.1. The lowest BCUT2D eigenvalue weighted by atomic mass is 9.99. The van der Waals surface area contributed by atoms with E-state index in [1.807, 2.05) is 0 Å². The fraction of sp³-hybridized carbons (Fsp3) is 0.949. The molecule has 0 aliphatic rings. The molecule has 19 heteroatoms. The fourth-order valence-electron chi connectivity index (χ4n) is 12.1. The van der Waals surface area contributed by atoms with Crippen LogP contribution in [0.4, 0.5) is 0 Å². The van der Waals surface area contributed by atoms with Crippen LogP contribution in [0.5, 0.6) is 0 Å². The Balaban J connectivity index is 5.18. The van der Waals surface area contributed by atoms with Crippen LogP contribution in [0.25, 0.3) is 0 Å². The molecule has 0 saturated carbocycles. The Morgan fingerprint density at radius 2 is 0.520 bits per heavy atom. The average molecular weight is 1440 g/mol. The highest BCUT2D eigenvalue weighted by atomic mass is 31.2. The third kappa shape index (κ3) is 71.1. The normalized spacial score (nSPS) is 14.3. The van der Waals surface area contributed by atoms with Gasteiger partial charge in [-0.2, -0.15) is 0 Å². The molecule has 0 aromatic rings. The molecular formula is C79H154O17P2. The van der Waals surface area contributed by atoms with Gasteiger partial charge in [0.15, 0.2) is 12.2 Å². The zero-order valence-corrected chi connectivity index (χ0v) is 66.0. The molecule has 0 aromatic carbocycles. The zero-order valence-electron chi connectivity index (χ0n) is 64.3. The van der Waals surface area contributed by atoms with Crippen molar-refractivity contribution in [2.45, 2.75) is 426 Å². The number of carbonyl (C=O) groups excluding carboxylic acids is 4. The van der Waals surface area contributed by atoms with E-state index in [-0.39, 0.29) is 25.7 Å². The minimum Gasteiger partial charge on any atom is -0.462 e. The lowest BCUT2D eigenvalue weighted by Gasteiger charge is -2.21. The molecule has 0 heterocycles. The Bertz CT molecular complexity index is 1910. The van der Waals surface area contributed by atoms with Crippen molar-refractivity contribution in [3.8, 4) is 0 Å². The number of carbonyl (C=O) groups is 4. The average Bonchev–Trinajstić information content (AvgIpc) is 1.02. The molecule has 6 atom stereocenters. The molecule has 0 aromatic heterocycles. The number of aliphatic hydroxyl groups is 1. The quantitative estimate of drug-likeness (QED) is 0.0222. The number of aliphatic hydroxyl groups excluding tert-OH is 1. The van der Waals surface area contributed by atoms with Crippen LogP contribution in [0, 0.1) is 17.8 Å². The highest BCUT2D eigenvalue weighted by Crippen LogP contribution is 2.45. The summed E-state index contributed by atoms with van der Waals surface area (Å²) < 4.78 is 68.5. The zero-order chi connectivity index (χ0) is 72.3. The summed E-state index contributed by atoms with van der Waals surface area (Å²) in [5.41, 5.74) is 0. The van der Waals surface area contributed by atoms with E-state index in [2.05, 4.69) is 48.5 Å². The number of esters is 4. The first kappa shape index (κ1) is 96.1. The van der Waals surface area contributed by atoms with Gasteiger partial charge in [0.2, 0.25) is 0 Å². The first-order valence-electron chi connectivity index (χ1n) is 40.9. The van der Waals surface area contributed by atoms with Crippen molar-refractivity contribution in [3.63, 3.8) is 0 Å². The van der Waals surface area contributed by atoms with Crippen LogP contribution >= 0.6 is 15.6 Å². The van der Waals surface area contributed by atoms with Crippen molar-refractivity contribution >= 4 is 39.5 Å². The second kappa shape index (κ2) is 69.4. The molecule has 582 valence electrons. The van der Waals surface area contributed by atoms with Gasteiger partial charge < -0.3 is 33.8 Å². The van der Waals surface area contributed by atoms with Crippen molar-refractivity contribution in [1.29, 1.82) is 0 Å². The summed E-state index contributed by atoms with van der Waals surface area (Å²) in [6.07, 6.45) is 57.3. The molecule has 3 unspecified atom stereocenters. The van der Waals surface area contributed by atoms with E-state index in [4.69, 9.17) is 37.0 Å². The summed E-state index contributed by atoms with van der Waals surface area (Å²) in [7, 11) is -9.91.